The van der Waals surface area contributed by atoms with E-state index in [9.17, 15) is 4.79 Å². The molecule has 5 nitrogen and oxygen atoms in total. The molecule has 2 N–H and O–H groups in total. The molecule has 0 saturated heterocycles. The van der Waals surface area contributed by atoms with Gasteiger partial charge in [0.25, 0.3) is 5.91 Å². The third-order valence-electron chi connectivity index (χ3n) is 2.71. The minimum absolute atomic E-state index is 0.275. The highest BCUT2D eigenvalue weighted by Crippen LogP contribution is 2.14. The predicted octanol–water partition coefficient (Wildman–Crippen LogP) is 2.64. The Hall–Kier alpha value is -2.69. The molecule has 0 fully saturated rings. The maximum Gasteiger partial charge on any atom is 0.275 e. The molecule has 0 radical (unpaired) electrons. The summed E-state index contributed by atoms with van der Waals surface area (Å²) in [5.41, 5.74) is 2.05. The Bertz CT molecular complexity index is 608. The summed E-state index contributed by atoms with van der Waals surface area (Å²) in [7, 11) is 0. The molecule has 1 aromatic carbocycles. The van der Waals surface area contributed by atoms with Crippen LogP contribution in [-0.4, -0.2) is 22.4 Å². The highest BCUT2D eigenvalue weighted by atomic mass is 16.1. The first-order valence-electron chi connectivity index (χ1n) is 6.24. The van der Waals surface area contributed by atoms with E-state index in [1.165, 1.54) is 12.4 Å². The monoisotopic (exact) mass is 268 g/mol. The quantitative estimate of drug-likeness (QED) is 0.818. The zero-order valence-electron chi connectivity index (χ0n) is 11.3. The summed E-state index contributed by atoms with van der Waals surface area (Å²) in [5, 5.41) is 5.81. The number of amides is 1. The molecule has 2 aromatic rings. The van der Waals surface area contributed by atoms with Gasteiger partial charge in [-0.1, -0.05) is 24.3 Å². The molecule has 0 aliphatic carbocycles. The van der Waals surface area contributed by atoms with Crippen LogP contribution in [0.15, 0.2) is 49.3 Å². The van der Waals surface area contributed by atoms with Gasteiger partial charge in [0.1, 0.15) is 11.5 Å². The van der Waals surface area contributed by atoms with Gasteiger partial charge < -0.3 is 10.6 Å². The van der Waals surface area contributed by atoms with Gasteiger partial charge in [-0.15, -0.1) is 6.58 Å². The Balaban J connectivity index is 2.06. The van der Waals surface area contributed by atoms with E-state index in [0.717, 1.165) is 11.3 Å². The number of hydrogen-bond acceptors (Lipinski definition) is 4. The van der Waals surface area contributed by atoms with Gasteiger partial charge in [0, 0.05) is 12.2 Å². The molecule has 1 aromatic heterocycles. The van der Waals surface area contributed by atoms with Crippen molar-refractivity contribution in [2.24, 2.45) is 0 Å². The smallest absolute Gasteiger partial charge is 0.275 e. The maximum absolute atomic E-state index is 12.0. The molecule has 5 heteroatoms. The molecule has 1 amide bonds. The van der Waals surface area contributed by atoms with Crippen LogP contribution in [0.5, 0.6) is 0 Å². The fourth-order valence-electron chi connectivity index (χ4n) is 1.61. The van der Waals surface area contributed by atoms with Crippen molar-refractivity contribution in [3.05, 3.63) is 60.6 Å². The highest BCUT2D eigenvalue weighted by Gasteiger charge is 2.09. The molecule has 0 aliphatic heterocycles. The summed E-state index contributed by atoms with van der Waals surface area (Å²) in [5.74, 6) is 0.333. The fourth-order valence-corrected chi connectivity index (χ4v) is 1.61. The van der Waals surface area contributed by atoms with Crippen molar-refractivity contribution < 1.29 is 4.79 Å². The molecular weight excluding hydrogens is 252 g/mol. The van der Waals surface area contributed by atoms with Gasteiger partial charge >= 0.3 is 0 Å². The molecule has 2 rings (SSSR count). The highest BCUT2D eigenvalue weighted by molar-refractivity contribution is 6.03. The van der Waals surface area contributed by atoms with Gasteiger partial charge in [0.05, 0.1) is 12.4 Å². The summed E-state index contributed by atoms with van der Waals surface area (Å²) < 4.78 is 0. The number of carbonyl (C=O) groups is 1. The van der Waals surface area contributed by atoms with E-state index < -0.39 is 0 Å². The minimum Gasteiger partial charge on any atom is -0.365 e. The van der Waals surface area contributed by atoms with Crippen molar-refractivity contribution in [1.29, 1.82) is 0 Å². The molecule has 0 bridgehead atoms. The maximum atomic E-state index is 12.0. The first-order valence-corrected chi connectivity index (χ1v) is 6.24. The van der Waals surface area contributed by atoms with Crippen molar-refractivity contribution >= 4 is 17.4 Å². The average molecular weight is 268 g/mol. The number of nitrogens with zero attached hydrogens (tertiary/aromatic N) is 2. The van der Waals surface area contributed by atoms with E-state index in [1.807, 2.05) is 31.2 Å². The number of nitrogens with one attached hydrogen (secondary N) is 2. The third-order valence-corrected chi connectivity index (χ3v) is 2.71. The lowest BCUT2D eigenvalue weighted by atomic mass is 10.2. The van der Waals surface area contributed by atoms with Crippen molar-refractivity contribution in [1.82, 2.24) is 9.97 Å². The number of aromatic nitrogens is 2. The minimum atomic E-state index is -0.276. The van der Waals surface area contributed by atoms with Crippen LogP contribution in [0, 0.1) is 6.92 Å². The Morgan fingerprint density at radius 1 is 1.30 bits per heavy atom. The lowest BCUT2D eigenvalue weighted by molar-refractivity contribution is 0.102. The summed E-state index contributed by atoms with van der Waals surface area (Å²) in [6.07, 6.45) is 4.69. The number of carbonyl (C=O) groups excluding carboxylic acids is 1. The fraction of sp³-hybridized carbons (Fsp3) is 0.133. The molecule has 1 heterocycles. The Morgan fingerprint density at radius 2 is 2.10 bits per heavy atom. The molecule has 20 heavy (non-hydrogen) atoms. The topological polar surface area (TPSA) is 66.9 Å². The number of rotatable bonds is 5. The molecule has 102 valence electrons. The van der Waals surface area contributed by atoms with E-state index in [-0.39, 0.29) is 11.6 Å². The first-order chi connectivity index (χ1) is 9.70. The lowest BCUT2D eigenvalue weighted by Gasteiger charge is -2.07. The van der Waals surface area contributed by atoms with Gasteiger partial charge in [0.15, 0.2) is 0 Å². The van der Waals surface area contributed by atoms with Crippen molar-refractivity contribution in [2.75, 3.05) is 17.2 Å². The summed E-state index contributed by atoms with van der Waals surface area (Å²) in [4.78, 5) is 20.2. The van der Waals surface area contributed by atoms with Gasteiger partial charge in [-0.05, 0) is 18.6 Å². The Kier molecular flexibility index (Phi) is 4.44. The number of hydrogen-bond donors (Lipinski definition) is 2. The zero-order valence-corrected chi connectivity index (χ0v) is 11.3. The van der Waals surface area contributed by atoms with E-state index in [2.05, 4.69) is 27.2 Å². The molecule has 0 atom stereocenters. The summed E-state index contributed by atoms with van der Waals surface area (Å²) in [6, 6.07) is 7.58. The van der Waals surface area contributed by atoms with E-state index >= 15 is 0 Å². The molecular formula is C15H16N4O. The van der Waals surface area contributed by atoms with E-state index in [0.29, 0.717) is 12.4 Å². The molecule has 0 unspecified atom stereocenters. The summed E-state index contributed by atoms with van der Waals surface area (Å²) >= 11 is 0. The first kappa shape index (κ1) is 13.7. The van der Waals surface area contributed by atoms with Crippen LogP contribution in [0.4, 0.5) is 11.5 Å². The van der Waals surface area contributed by atoms with Crippen molar-refractivity contribution in [3.63, 3.8) is 0 Å². The van der Waals surface area contributed by atoms with Gasteiger partial charge in [-0.3, -0.25) is 4.79 Å². The van der Waals surface area contributed by atoms with Crippen LogP contribution in [0.3, 0.4) is 0 Å². The van der Waals surface area contributed by atoms with E-state index in [4.69, 9.17) is 0 Å². The van der Waals surface area contributed by atoms with Crippen LogP contribution in [0.25, 0.3) is 0 Å². The van der Waals surface area contributed by atoms with E-state index in [1.54, 1.807) is 6.08 Å². The normalized spacial score (nSPS) is 9.85. The van der Waals surface area contributed by atoms with Gasteiger partial charge in [-0.2, -0.15) is 0 Å². The third kappa shape index (κ3) is 3.41. The zero-order chi connectivity index (χ0) is 14.4. The number of aryl methyl sites for hydroxylation is 1. The van der Waals surface area contributed by atoms with Crippen LogP contribution < -0.4 is 10.6 Å². The average Bonchev–Trinajstić information content (AvgIpc) is 2.48. The molecule has 0 spiro atoms. The second kappa shape index (κ2) is 6.47. The van der Waals surface area contributed by atoms with Crippen LogP contribution in [-0.2, 0) is 0 Å². The molecule has 0 saturated carbocycles. The SMILES string of the molecule is C=CCNc1cnc(C(=O)Nc2ccccc2C)cn1. The number of para-hydroxylation sites is 1. The Labute approximate surface area is 117 Å². The van der Waals surface area contributed by atoms with Crippen LogP contribution >= 0.6 is 0 Å². The Morgan fingerprint density at radius 3 is 2.75 bits per heavy atom. The molecule has 0 aliphatic rings. The van der Waals surface area contributed by atoms with Crippen LogP contribution in [0.2, 0.25) is 0 Å². The standard InChI is InChI=1S/C15H16N4O/c1-3-8-16-14-10-17-13(9-18-14)15(20)19-12-7-5-4-6-11(12)2/h3-7,9-10H,1,8H2,2H3,(H,16,18)(H,19,20). The van der Waals surface area contributed by atoms with Crippen molar-refractivity contribution in [3.8, 4) is 0 Å². The second-order valence-electron chi connectivity index (χ2n) is 4.23. The van der Waals surface area contributed by atoms with Crippen molar-refractivity contribution in [2.45, 2.75) is 6.92 Å². The number of anilines is 2. The number of benzene rings is 1. The lowest BCUT2D eigenvalue weighted by Crippen LogP contribution is -2.15. The van der Waals surface area contributed by atoms with Gasteiger partial charge in [0.2, 0.25) is 0 Å². The summed E-state index contributed by atoms with van der Waals surface area (Å²) in [6.45, 7) is 6.14. The predicted molar refractivity (Wildman–Crippen MR) is 79.9 cm³/mol. The van der Waals surface area contributed by atoms with Crippen LogP contribution in [0.1, 0.15) is 16.1 Å². The largest absolute Gasteiger partial charge is 0.365 e. The second-order valence-corrected chi connectivity index (χ2v) is 4.23. The van der Waals surface area contributed by atoms with Gasteiger partial charge in [-0.25, -0.2) is 9.97 Å².